The van der Waals surface area contributed by atoms with Gasteiger partial charge in [-0.2, -0.15) is 0 Å². The summed E-state index contributed by atoms with van der Waals surface area (Å²) in [7, 11) is 3.25. The van der Waals surface area contributed by atoms with Crippen molar-refractivity contribution in [2.45, 2.75) is 32.1 Å². The Hall–Kier alpha value is -2.30. The van der Waals surface area contributed by atoms with E-state index in [0.717, 1.165) is 11.5 Å². The third-order valence-electron chi connectivity index (χ3n) is 4.78. The Balaban J connectivity index is 1.90. The molecule has 0 N–H and O–H groups in total. The Morgan fingerprint density at radius 2 is 1.11 bits per heavy atom. The molecule has 0 spiro atoms. The molecule has 27 heavy (non-hydrogen) atoms. The van der Waals surface area contributed by atoms with E-state index in [1.807, 2.05) is 24.3 Å². The maximum atomic E-state index is 5.53. The zero-order valence-electron chi connectivity index (χ0n) is 16.2. The van der Waals surface area contributed by atoms with E-state index in [4.69, 9.17) is 18.9 Å². The Morgan fingerprint density at radius 1 is 0.667 bits per heavy atom. The van der Waals surface area contributed by atoms with Gasteiger partial charge in [-0.05, 0) is 66.6 Å². The highest BCUT2D eigenvalue weighted by molar-refractivity contribution is 5.82. The van der Waals surface area contributed by atoms with Crippen molar-refractivity contribution < 1.29 is 18.9 Å². The van der Waals surface area contributed by atoms with Crippen LogP contribution in [0.2, 0.25) is 0 Å². The molecule has 2 aromatic carbocycles. The molecule has 1 fully saturated rings. The van der Waals surface area contributed by atoms with E-state index in [1.54, 1.807) is 14.2 Å². The fourth-order valence-electron chi connectivity index (χ4n) is 3.49. The normalized spacial score (nSPS) is 14.1. The number of hydrogen-bond donors (Lipinski definition) is 0. The summed E-state index contributed by atoms with van der Waals surface area (Å²) in [5.74, 6) is 1.63. The van der Waals surface area contributed by atoms with Crippen molar-refractivity contribution in [3.8, 4) is 11.5 Å². The molecule has 0 amide bonds. The van der Waals surface area contributed by atoms with E-state index in [-0.39, 0.29) is 13.6 Å². The molecule has 0 aliphatic heterocycles. The fraction of sp³-hybridized carbons (Fsp3) is 0.391. The number of methoxy groups -OCH3 is 2. The first-order chi connectivity index (χ1) is 13.3. The second kappa shape index (κ2) is 10.1. The van der Waals surface area contributed by atoms with E-state index < -0.39 is 0 Å². The summed E-state index contributed by atoms with van der Waals surface area (Å²) in [6.45, 7) is 0.520. The van der Waals surface area contributed by atoms with Crippen LogP contribution in [0.15, 0.2) is 54.1 Å². The Kier molecular flexibility index (Phi) is 7.31. The van der Waals surface area contributed by atoms with Gasteiger partial charge in [-0.3, -0.25) is 0 Å². The van der Waals surface area contributed by atoms with Gasteiger partial charge in [0.05, 0.1) is 0 Å². The van der Waals surface area contributed by atoms with Crippen LogP contribution in [0, 0.1) is 0 Å². The molecule has 144 valence electrons. The summed E-state index contributed by atoms with van der Waals surface area (Å²) in [5, 5.41) is 0. The molecule has 0 unspecified atom stereocenters. The van der Waals surface area contributed by atoms with Gasteiger partial charge < -0.3 is 18.9 Å². The summed E-state index contributed by atoms with van der Waals surface area (Å²) in [5.41, 5.74) is 5.33. The van der Waals surface area contributed by atoms with Gasteiger partial charge in [0, 0.05) is 14.2 Å². The Bertz CT molecular complexity index is 670. The molecular formula is C23H28O4. The van der Waals surface area contributed by atoms with Crippen molar-refractivity contribution in [2.24, 2.45) is 0 Å². The van der Waals surface area contributed by atoms with Crippen LogP contribution in [0.5, 0.6) is 11.5 Å². The molecule has 1 aliphatic carbocycles. The van der Waals surface area contributed by atoms with Crippen molar-refractivity contribution >= 4 is 5.57 Å². The van der Waals surface area contributed by atoms with Crippen molar-refractivity contribution in [3.05, 3.63) is 65.2 Å². The quantitative estimate of drug-likeness (QED) is 0.583. The van der Waals surface area contributed by atoms with E-state index >= 15 is 0 Å². The molecule has 1 aliphatic rings. The van der Waals surface area contributed by atoms with Gasteiger partial charge in [0.1, 0.15) is 11.5 Å². The lowest BCUT2D eigenvalue weighted by atomic mass is 9.85. The van der Waals surface area contributed by atoms with Crippen LogP contribution in [-0.2, 0) is 9.47 Å². The molecule has 1 saturated carbocycles. The molecule has 3 rings (SSSR count). The second-order valence-electron chi connectivity index (χ2n) is 6.69. The number of hydrogen-bond acceptors (Lipinski definition) is 4. The van der Waals surface area contributed by atoms with Crippen LogP contribution in [0.4, 0.5) is 0 Å². The van der Waals surface area contributed by atoms with E-state index in [9.17, 15) is 0 Å². The molecule has 4 nitrogen and oxygen atoms in total. The topological polar surface area (TPSA) is 36.9 Å². The molecule has 0 saturated heterocycles. The molecule has 4 heteroatoms. The van der Waals surface area contributed by atoms with Crippen molar-refractivity contribution in [2.75, 3.05) is 27.8 Å². The highest BCUT2D eigenvalue weighted by Crippen LogP contribution is 2.36. The third kappa shape index (κ3) is 5.34. The number of benzene rings is 2. The smallest absolute Gasteiger partial charge is 0.188 e. The van der Waals surface area contributed by atoms with Gasteiger partial charge in [-0.15, -0.1) is 0 Å². The van der Waals surface area contributed by atoms with Crippen molar-refractivity contribution in [3.63, 3.8) is 0 Å². The van der Waals surface area contributed by atoms with Crippen LogP contribution < -0.4 is 9.47 Å². The maximum absolute atomic E-state index is 5.53. The van der Waals surface area contributed by atoms with Gasteiger partial charge in [0.25, 0.3) is 0 Å². The summed E-state index contributed by atoms with van der Waals surface area (Å²) >= 11 is 0. The van der Waals surface area contributed by atoms with Gasteiger partial charge >= 0.3 is 0 Å². The molecule has 0 heterocycles. The predicted molar refractivity (Wildman–Crippen MR) is 107 cm³/mol. The molecule has 0 atom stereocenters. The van der Waals surface area contributed by atoms with E-state index in [2.05, 4.69) is 24.3 Å². The summed E-state index contributed by atoms with van der Waals surface area (Å²) in [6.07, 6.45) is 6.19. The number of allylic oxidation sites excluding steroid dienone is 1. The Labute approximate surface area is 161 Å². The largest absolute Gasteiger partial charge is 0.468 e. The van der Waals surface area contributed by atoms with Gasteiger partial charge in [-0.1, -0.05) is 36.3 Å². The molecule has 0 bridgehead atoms. The number of rotatable bonds is 8. The Morgan fingerprint density at radius 3 is 1.52 bits per heavy atom. The monoisotopic (exact) mass is 368 g/mol. The van der Waals surface area contributed by atoms with Crippen LogP contribution >= 0.6 is 0 Å². The average Bonchev–Trinajstić information content (AvgIpc) is 2.73. The summed E-state index contributed by atoms with van der Waals surface area (Å²) < 4.78 is 21.0. The zero-order valence-corrected chi connectivity index (χ0v) is 16.2. The molecular weight excluding hydrogens is 340 g/mol. The van der Waals surface area contributed by atoms with Gasteiger partial charge in [0.15, 0.2) is 13.6 Å². The first-order valence-electron chi connectivity index (χ1n) is 9.48. The highest BCUT2D eigenvalue weighted by atomic mass is 16.7. The van der Waals surface area contributed by atoms with Crippen LogP contribution in [0.1, 0.15) is 43.2 Å². The van der Waals surface area contributed by atoms with Gasteiger partial charge in [0.2, 0.25) is 0 Å². The number of ether oxygens (including phenoxy) is 4. The highest BCUT2D eigenvalue weighted by Gasteiger charge is 2.15. The lowest BCUT2D eigenvalue weighted by Gasteiger charge is -2.21. The van der Waals surface area contributed by atoms with E-state index in [1.165, 1.54) is 54.4 Å². The van der Waals surface area contributed by atoms with Crippen molar-refractivity contribution in [1.82, 2.24) is 0 Å². The standard InChI is InChI=1S/C23H28O4/c1-24-16-26-21-12-8-19(9-13-21)23(18-6-4-3-5-7-18)20-10-14-22(15-11-20)27-17-25-2/h8-15H,3-7,16-17H2,1-2H3. The average molecular weight is 368 g/mol. The lowest BCUT2D eigenvalue weighted by molar-refractivity contribution is 0.0509. The zero-order chi connectivity index (χ0) is 18.9. The molecule has 0 aromatic heterocycles. The summed E-state index contributed by atoms with van der Waals surface area (Å²) in [6, 6.07) is 16.6. The fourth-order valence-corrected chi connectivity index (χ4v) is 3.49. The second-order valence-corrected chi connectivity index (χ2v) is 6.69. The maximum Gasteiger partial charge on any atom is 0.188 e. The van der Waals surface area contributed by atoms with Gasteiger partial charge in [-0.25, -0.2) is 0 Å². The van der Waals surface area contributed by atoms with Crippen LogP contribution in [-0.4, -0.2) is 27.8 Å². The molecule has 2 aromatic rings. The predicted octanol–water partition coefficient (Wildman–Crippen LogP) is 5.42. The lowest BCUT2D eigenvalue weighted by Crippen LogP contribution is -2.02. The SMILES string of the molecule is COCOc1ccc(C(=C2CCCCC2)c2ccc(OCOC)cc2)cc1. The van der Waals surface area contributed by atoms with Crippen LogP contribution in [0.25, 0.3) is 5.57 Å². The van der Waals surface area contributed by atoms with Crippen molar-refractivity contribution in [1.29, 1.82) is 0 Å². The molecule has 0 radical (unpaired) electrons. The van der Waals surface area contributed by atoms with Crippen LogP contribution in [0.3, 0.4) is 0 Å². The first-order valence-corrected chi connectivity index (χ1v) is 9.48. The van der Waals surface area contributed by atoms with E-state index in [0.29, 0.717) is 0 Å². The minimum absolute atomic E-state index is 0.260. The first kappa shape index (κ1) is 19.5. The third-order valence-corrected chi connectivity index (χ3v) is 4.78. The summed E-state index contributed by atoms with van der Waals surface area (Å²) in [4.78, 5) is 0. The minimum Gasteiger partial charge on any atom is -0.468 e. The minimum atomic E-state index is 0.260.